The third kappa shape index (κ3) is 6.41. The SMILES string of the molecule is O=[N+]([O-])[C@@H](CC[C@@H](CC(CCO)([N+](=O)[O-])[N+](=O)[O-])[N+](=O)[O-])CC(CCO)([N+](=O)[O-])[N+](=O)[O-]. The summed E-state index contributed by atoms with van der Waals surface area (Å²) in [5, 5.41) is 85.3. The highest BCUT2D eigenvalue weighted by Crippen LogP contribution is 2.29. The number of hydrogen-bond acceptors (Lipinski definition) is 14. The van der Waals surface area contributed by atoms with Crippen LogP contribution in [0.2, 0.25) is 0 Å². The number of hydrogen-bond donors (Lipinski definition) is 2. The largest absolute Gasteiger partial charge is 0.467 e. The lowest BCUT2D eigenvalue weighted by atomic mass is 9.91. The van der Waals surface area contributed by atoms with Gasteiger partial charge in [-0.05, 0) is 0 Å². The molecule has 0 bridgehead atoms. The summed E-state index contributed by atoms with van der Waals surface area (Å²) in [5.41, 5.74) is -6.34. The first-order valence-electron chi connectivity index (χ1n) is 8.78. The van der Waals surface area contributed by atoms with Gasteiger partial charge in [-0.15, -0.1) is 0 Å². The molecule has 2 atom stereocenters. The van der Waals surface area contributed by atoms with Crippen LogP contribution in [0, 0.1) is 60.7 Å². The average molecular weight is 472 g/mol. The molecule has 0 saturated heterocycles. The summed E-state index contributed by atoms with van der Waals surface area (Å²) in [6.07, 6.45) is -6.76. The molecule has 0 aliphatic carbocycles. The molecule has 0 rings (SSSR count). The predicted octanol–water partition coefficient (Wildman–Crippen LogP) is -0.898. The van der Waals surface area contributed by atoms with Crippen molar-refractivity contribution in [2.24, 2.45) is 0 Å². The fraction of sp³-hybridized carbons (Fsp3) is 1.00. The first kappa shape index (κ1) is 28.3. The first-order valence-corrected chi connectivity index (χ1v) is 8.78. The maximum Gasteiger partial charge on any atom is 0.467 e. The first-order chi connectivity index (χ1) is 14.7. The van der Waals surface area contributed by atoms with E-state index < -0.39 is 105 Å². The minimum absolute atomic E-state index is 0.919. The van der Waals surface area contributed by atoms with E-state index in [1.54, 1.807) is 0 Å². The van der Waals surface area contributed by atoms with E-state index in [4.69, 9.17) is 10.2 Å². The molecule has 0 spiro atoms. The molecule has 0 aromatic carbocycles. The summed E-state index contributed by atoms with van der Waals surface area (Å²) in [6, 6.07) is -4.23. The number of rotatable bonds is 17. The van der Waals surface area contributed by atoms with Crippen molar-refractivity contribution < 1.29 is 39.8 Å². The van der Waals surface area contributed by atoms with Gasteiger partial charge < -0.3 is 10.2 Å². The van der Waals surface area contributed by atoms with Gasteiger partial charge >= 0.3 is 11.3 Å². The van der Waals surface area contributed by atoms with Crippen molar-refractivity contribution in [1.29, 1.82) is 0 Å². The lowest BCUT2D eigenvalue weighted by Gasteiger charge is -2.20. The van der Waals surface area contributed by atoms with Crippen molar-refractivity contribution in [1.82, 2.24) is 0 Å². The highest BCUT2D eigenvalue weighted by atomic mass is 16.7. The molecule has 0 saturated carbocycles. The van der Waals surface area contributed by atoms with E-state index in [9.17, 15) is 60.7 Å². The normalized spacial score (nSPS) is 13.7. The topological polar surface area (TPSA) is 299 Å². The molecule has 0 heterocycles. The number of nitrogens with zero attached hydrogens (tertiary/aromatic N) is 6. The van der Waals surface area contributed by atoms with Crippen LogP contribution in [0.5, 0.6) is 0 Å². The monoisotopic (exact) mass is 472 g/mol. The molecule has 0 amide bonds. The van der Waals surface area contributed by atoms with E-state index >= 15 is 0 Å². The van der Waals surface area contributed by atoms with Gasteiger partial charge in [0.25, 0.3) is 0 Å². The molecule has 0 aromatic heterocycles. The number of aliphatic hydroxyl groups excluding tert-OH is 2. The van der Waals surface area contributed by atoms with E-state index in [0.29, 0.717) is 0 Å². The van der Waals surface area contributed by atoms with Crippen LogP contribution in [-0.2, 0) is 0 Å². The van der Waals surface area contributed by atoms with Crippen molar-refractivity contribution in [3.63, 3.8) is 0 Å². The van der Waals surface area contributed by atoms with Gasteiger partial charge in [0.05, 0.1) is 32.9 Å². The Balaban J connectivity index is 5.87. The van der Waals surface area contributed by atoms with Gasteiger partial charge in [-0.2, -0.15) is 0 Å². The highest BCUT2D eigenvalue weighted by molar-refractivity contribution is 4.77. The lowest BCUT2D eigenvalue weighted by Crippen LogP contribution is -2.51. The quantitative estimate of drug-likeness (QED) is 0.147. The molecule has 0 unspecified atom stereocenters. The molecule has 182 valence electrons. The Labute approximate surface area is 176 Å². The maximum atomic E-state index is 11.3. The van der Waals surface area contributed by atoms with Crippen LogP contribution in [0.1, 0.15) is 38.5 Å². The van der Waals surface area contributed by atoms with Crippen molar-refractivity contribution >= 4 is 0 Å². The second-order valence-electron chi connectivity index (χ2n) is 6.80. The minimum Gasteiger partial charge on any atom is -0.396 e. The van der Waals surface area contributed by atoms with Gasteiger partial charge in [0, 0.05) is 22.7 Å². The smallest absolute Gasteiger partial charge is 0.396 e. The van der Waals surface area contributed by atoms with E-state index in [0.717, 1.165) is 0 Å². The third-order valence-electron chi connectivity index (χ3n) is 4.94. The number of aliphatic hydroxyl groups is 2. The molecule has 20 heteroatoms. The van der Waals surface area contributed by atoms with Crippen LogP contribution in [0.15, 0.2) is 0 Å². The molecule has 0 aromatic rings. The predicted molar refractivity (Wildman–Crippen MR) is 96.9 cm³/mol. The summed E-state index contributed by atoms with van der Waals surface area (Å²) in [7, 11) is 0. The third-order valence-corrected chi connectivity index (χ3v) is 4.94. The fourth-order valence-corrected chi connectivity index (χ4v) is 3.06. The van der Waals surface area contributed by atoms with Crippen molar-refractivity contribution in [3.05, 3.63) is 60.7 Å². The molecule has 2 N–H and O–H groups in total. The summed E-state index contributed by atoms with van der Waals surface area (Å²) < 4.78 is 0. The van der Waals surface area contributed by atoms with Crippen LogP contribution in [0.4, 0.5) is 0 Å². The number of nitro groups is 6. The van der Waals surface area contributed by atoms with Crippen LogP contribution < -0.4 is 0 Å². The summed E-state index contributed by atoms with van der Waals surface area (Å²) in [6.45, 7) is -2.14. The Morgan fingerprint density at radius 3 is 0.969 bits per heavy atom. The molecule has 20 nitrogen and oxygen atoms in total. The molecular formula is C12H20N6O14. The van der Waals surface area contributed by atoms with Gasteiger partial charge in [0.15, 0.2) is 12.8 Å². The summed E-state index contributed by atoms with van der Waals surface area (Å²) in [4.78, 5) is 59.4. The Hall–Kier alpha value is -3.68. The van der Waals surface area contributed by atoms with Crippen LogP contribution >= 0.6 is 0 Å². The Morgan fingerprint density at radius 2 is 0.812 bits per heavy atom. The Morgan fingerprint density at radius 1 is 0.562 bits per heavy atom. The Kier molecular flexibility index (Phi) is 10.3. The Bertz CT molecular complexity index is 668. The fourth-order valence-electron chi connectivity index (χ4n) is 3.06. The summed E-state index contributed by atoms with van der Waals surface area (Å²) >= 11 is 0. The standard InChI is InChI=1S/C12H20N6O14/c19-5-3-11(15(25)26,16(27)28)7-9(13(21)22)1-2-10(14(23)24)8-12(4-6-20,17(29)30)18(31)32/h9-10,19-20H,1-8H2/t9-,10-/m0/s1. The van der Waals surface area contributed by atoms with E-state index in [1.807, 2.05) is 0 Å². The van der Waals surface area contributed by atoms with Gasteiger partial charge in [-0.1, -0.05) is 0 Å². The zero-order valence-corrected chi connectivity index (χ0v) is 16.3. The molecule has 0 aliphatic heterocycles. The second-order valence-corrected chi connectivity index (χ2v) is 6.80. The van der Waals surface area contributed by atoms with Gasteiger partial charge in [0.2, 0.25) is 12.1 Å². The second kappa shape index (κ2) is 11.6. The highest BCUT2D eigenvalue weighted by Gasteiger charge is 2.61. The van der Waals surface area contributed by atoms with E-state index in [2.05, 4.69) is 0 Å². The maximum absolute atomic E-state index is 11.3. The minimum atomic E-state index is -3.17. The van der Waals surface area contributed by atoms with Crippen molar-refractivity contribution in [2.45, 2.75) is 61.9 Å². The average Bonchev–Trinajstić information content (AvgIpc) is 2.66. The zero-order chi connectivity index (χ0) is 25.3. The van der Waals surface area contributed by atoms with Gasteiger partial charge in [0.1, 0.15) is 12.8 Å². The molecule has 32 heavy (non-hydrogen) atoms. The molecule has 0 radical (unpaired) electrons. The van der Waals surface area contributed by atoms with Gasteiger partial charge in [-0.25, -0.2) is 0 Å². The molecular weight excluding hydrogens is 452 g/mol. The van der Waals surface area contributed by atoms with Crippen LogP contribution in [0.25, 0.3) is 0 Å². The summed E-state index contributed by atoms with van der Waals surface area (Å²) in [5.74, 6) is 0. The van der Waals surface area contributed by atoms with Crippen LogP contribution in [-0.4, -0.2) is 76.4 Å². The van der Waals surface area contributed by atoms with Crippen molar-refractivity contribution in [2.75, 3.05) is 13.2 Å². The van der Waals surface area contributed by atoms with Gasteiger partial charge in [-0.3, -0.25) is 60.7 Å². The zero-order valence-electron chi connectivity index (χ0n) is 16.3. The lowest BCUT2D eigenvalue weighted by molar-refractivity contribution is -0.805. The van der Waals surface area contributed by atoms with Crippen LogP contribution in [0.3, 0.4) is 0 Å². The molecule has 0 fully saturated rings. The van der Waals surface area contributed by atoms with E-state index in [1.165, 1.54) is 0 Å². The van der Waals surface area contributed by atoms with E-state index in [-0.39, 0.29) is 0 Å². The van der Waals surface area contributed by atoms with Crippen molar-refractivity contribution in [3.8, 4) is 0 Å². The molecule has 0 aliphatic rings.